The van der Waals surface area contributed by atoms with Gasteiger partial charge in [-0.1, -0.05) is 0 Å². The van der Waals surface area contributed by atoms with Crippen LogP contribution in [-0.2, 0) is 0 Å². The summed E-state index contributed by atoms with van der Waals surface area (Å²) in [6, 6.07) is 3.52. The maximum Gasteiger partial charge on any atom is 0.255 e. The highest BCUT2D eigenvalue weighted by Gasteiger charge is 2.31. The molecule has 0 aliphatic heterocycles. The summed E-state index contributed by atoms with van der Waals surface area (Å²) in [5.74, 6) is 7.40. The number of hydrogen-bond acceptors (Lipinski definition) is 4. The number of nitrogens with one attached hydrogen (secondary N) is 1. The topological polar surface area (TPSA) is 71.2 Å². The van der Waals surface area contributed by atoms with Crippen LogP contribution < -0.4 is 11.3 Å². The van der Waals surface area contributed by atoms with Crippen molar-refractivity contribution in [2.24, 2.45) is 17.7 Å². The molecule has 2 aliphatic carbocycles. The van der Waals surface area contributed by atoms with E-state index in [9.17, 15) is 4.79 Å². The summed E-state index contributed by atoms with van der Waals surface area (Å²) in [7, 11) is 0. The third kappa shape index (κ3) is 3.23. The van der Waals surface area contributed by atoms with Crippen molar-refractivity contribution in [1.82, 2.24) is 9.88 Å². The predicted octanol–water partition coefficient (Wildman–Crippen LogP) is 1.63. The van der Waals surface area contributed by atoms with Gasteiger partial charge in [-0.2, -0.15) is 0 Å². The number of anilines is 1. The van der Waals surface area contributed by atoms with E-state index >= 15 is 0 Å². The molecule has 1 heterocycles. The molecule has 19 heavy (non-hydrogen) atoms. The van der Waals surface area contributed by atoms with E-state index in [4.69, 9.17) is 5.84 Å². The lowest BCUT2D eigenvalue weighted by Gasteiger charge is -2.22. The number of rotatable bonds is 6. The van der Waals surface area contributed by atoms with Crippen LogP contribution in [0.3, 0.4) is 0 Å². The maximum absolute atomic E-state index is 12.5. The third-order valence-corrected chi connectivity index (χ3v) is 3.80. The van der Waals surface area contributed by atoms with Crippen LogP contribution in [0.4, 0.5) is 5.82 Å². The summed E-state index contributed by atoms with van der Waals surface area (Å²) < 4.78 is 0. The molecule has 0 aromatic carbocycles. The molecule has 0 unspecified atom stereocenters. The van der Waals surface area contributed by atoms with Crippen LogP contribution in [0.5, 0.6) is 0 Å². The molecule has 1 aromatic heterocycles. The van der Waals surface area contributed by atoms with Gasteiger partial charge in [0.2, 0.25) is 0 Å². The van der Waals surface area contributed by atoms with E-state index in [-0.39, 0.29) is 5.91 Å². The van der Waals surface area contributed by atoms with E-state index in [1.54, 1.807) is 18.3 Å². The summed E-state index contributed by atoms with van der Waals surface area (Å²) >= 11 is 0. The molecule has 0 atom stereocenters. The van der Waals surface area contributed by atoms with Gasteiger partial charge in [0.25, 0.3) is 5.91 Å². The summed E-state index contributed by atoms with van der Waals surface area (Å²) in [5, 5.41) is 0. The molecule has 2 saturated carbocycles. The summed E-state index contributed by atoms with van der Waals surface area (Å²) in [6.45, 7) is 1.82. The lowest BCUT2D eigenvalue weighted by atomic mass is 10.2. The monoisotopic (exact) mass is 260 g/mol. The molecule has 3 rings (SSSR count). The molecule has 2 fully saturated rings. The van der Waals surface area contributed by atoms with E-state index in [1.807, 2.05) is 4.90 Å². The Morgan fingerprint density at radius 3 is 2.32 bits per heavy atom. The van der Waals surface area contributed by atoms with Gasteiger partial charge in [0.15, 0.2) is 0 Å². The quantitative estimate of drug-likeness (QED) is 0.602. The number of nitrogens with two attached hydrogens (primary N) is 1. The molecule has 3 N–H and O–H groups in total. The number of nitrogens with zero attached hydrogens (tertiary/aromatic N) is 2. The highest BCUT2D eigenvalue weighted by molar-refractivity contribution is 5.94. The Labute approximate surface area is 113 Å². The molecular formula is C14H20N4O. The molecular weight excluding hydrogens is 240 g/mol. The van der Waals surface area contributed by atoms with Crippen molar-refractivity contribution in [3.05, 3.63) is 23.9 Å². The molecule has 0 spiro atoms. The molecule has 102 valence electrons. The fraction of sp³-hybridized carbons (Fsp3) is 0.571. The van der Waals surface area contributed by atoms with Gasteiger partial charge in [-0.15, -0.1) is 0 Å². The maximum atomic E-state index is 12.5. The van der Waals surface area contributed by atoms with Crippen LogP contribution in [0.1, 0.15) is 36.0 Å². The molecule has 0 saturated heterocycles. The normalized spacial score (nSPS) is 18.2. The van der Waals surface area contributed by atoms with Crippen molar-refractivity contribution in [1.29, 1.82) is 0 Å². The second-order valence-electron chi connectivity index (χ2n) is 5.67. The van der Waals surface area contributed by atoms with Gasteiger partial charge >= 0.3 is 0 Å². The Hall–Kier alpha value is -1.62. The number of carbonyl (C=O) groups excluding carboxylic acids is 1. The van der Waals surface area contributed by atoms with Gasteiger partial charge in [-0.05, 0) is 49.7 Å². The van der Waals surface area contributed by atoms with Crippen LogP contribution >= 0.6 is 0 Å². The van der Waals surface area contributed by atoms with Gasteiger partial charge in [0, 0.05) is 19.3 Å². The minimum atomic E-state index is 0.106. The predicted molar refractivity (Wildman–Crippen MR) is 73.4 cm³/mol. The Bertz CT molecular complexity index is 437. The number of hydrazine groups is 1. The van der Waals surface area contributed by atoms with Crippen molar-refractivity contribution < 1.29 is 4.79 Å². The van der Waals surface area contributed by atoms with Crippen molar-refractivity contribution in [2.75, 3.05) is 18.5 Å². The Balaban J connectivity index is 1.69. The van der Waals surface area contributed by atoms with Crippen molar-refractivity contribution in [2.45, 2.75) is 25.7 Å². The van der Waals surface area contributed by atoms with E-state index in [2.05, 4.69) is 10.4 Å². The van der Waals surface area contributed by atoms with Gasteiger partial charge in [0.1, 0.15) is 5.82 Å². The first-order valence-corrected chi connectivity index (χ1v) is 6.98. The molecule has 0 radical (unpaired) electrons. The molecule has 5 nitrogen and oxygen atoms in total. The number of pyridine rings is 1. The lowest BCUT2D eigenvalue weighted by molar-refractivity contribution is 0.0739. The van der Waals surface area contributed by atoms with Crippen molar-refractivity contribution in [3.63, 3.8) is 0 Å². The SMILES string of the molecule is NNc1ccc(C(=O)N(CC2CC2)CC2CC2)cn1. The third-order valence-electron chi connectivity index (χ3n) is 3.80. The van der Waals surface area contributed by atoms with Crippen LogP contribution in [0.2, 0.25) is 0 Å². The van der Waals surface area contributed by atoms with Crippen LogP contribution in [-0.4, -0.2) is 28.9 Å². The number of aromatic nitrogens is 1. The molecule has 1 aromatic rings. The molecule has 5 heteroatoms. The van der Waals surface area contributed by atoms with Crippen LogP contribution in [0.25, 0.3) is 0 Å². The minimum absolute atomic E-state index is 0.106. The Morgan fingerprint density at radius 2 is 1.89 bits per heavy atom. The van der Waals surface area contributed by atoms with E-state index < -0.39 is 0 Å². The number of nitrogen functional groups attached to an aromatic ring is 1. The first-order valence-electron chi connectivity index (χ1n) is 6.98. The van der Waals surface area contributed by atoms with E-state index in [0.717, 1.165) is 24.9 Å². The lowest BCUT2D eigenvalue weighted by Crippen LogP contribution is -2.34. The average molecular weight is 260 g/mol. The second-order valence-corrected chi connectivity index (χ2v) is 5.67. The zero-order chi connectivity index (χ0) is 13.2. The van der Waals surface area contributed by atoms with Gasteiger partial charge in [-0.25, -0.2) is 10.8 Å². The first-order chi connectivity index (χ1) is 9.26. The number of carbonyl (C=O) groups is 1. The van der Waals surface area contributed by atoms with Crippen LogP contribution in [0, 0.1) is 11.8 Å². The largest absolute Gasteiger partial charge is 0.338 e. The first kappa shape index (κ1) is 12.4. The molecule has 0 bridgehead atoms. The molecule has 1 amide bonds. The highest BCUT2D eigenvalue weighted by Crippen LogP contribution is 2.34. The van der Waals surface area contributed by atoms with E-state index in [0.29, 0.717) is 11.4 Å². The molecule has 2 aliphatic rings. The summed E-state index contributed by atoms with van der Waals surface area (Å²) in [5.41, 5.74) is 3.12. The fourth-order valence-corrected chi connectivity index (χ4v) is 2.25. The smallest absolute Gasteiger partial charge is 0.255 e. The van der Waals surface area contributed by atoms with Gasteiger partial charge in [-0.3, -0.25) is 4.79 Å². The van der Waals surface area contributed by atoms with Crippen molar-refractivity contribution >= 4 is 11.7 Å². The number of amides is 1. The summed E-state index contributed by atoms with van der Waals surface area (Å²) in [6.07, 6.45) is 6.67. The highest BCUT2D eigenvalue weighted by atomic mass is 16.2. The zero-order valence-corrected chi connectivity index (χ0v) is 11.0. The Kier molecular flexibility index (Phi) is 3.38. The van der Waals surface area contributed by atoms with Gasteiger partial charge in [0.05, 0.1) is 5.56 Å². The minimum Gasteiger partial charge on any atom is -0.338 e. The average Bonchev–Trinajstić information content (AvgIpc) is 3.32. The summed E-state index contributed by atoms with van der Waals surface area (Å²) in [4.78, 5) is 18.6. The number of hydrogen-bond donors (Lipinski definition) is 2. The zero-order valence-electron chi connectivity index (χ0n) is 11.0. The standard InChI is InChI=1S/C14H20N4O/c15-17-13-6-5-12(7-16-13)14(19)18(8-10-1-2-10)9-11-3-4-11/h5-7,10-11H,1-4,8-9,15H2,(H,16,17). The van der Waals surface area contributed by atoms with Gasteiger partial charge < -0.3 is 10.3 Å². The fourth-order valence-electron chi connectivity index (χ4n) is 2.25. The second kappa shape index (κ2) is 5.17. The van der Waals surface area contributed by atoms with Crippen molar-refractivity contribution in [3.8, 4) is 0 Å². The van der Waals surface area contributed by atoms with Crippen LogP contribution in [0.15, 0.2) is 18.3 Å². The Morgan fingerprint density at radius 1 is 1.26 bits per heavy atom. The van der Waals surface area contributed by atoms with E-state index in [1.165, 1.54) is 25.7 Å².